The molecular formula is C53H85N9O13. The van der Waals surface area contributed by atoms with E-state index in [0.717, 1.165) is 0 Å². The van der Waals surface area contributed by atoms with Gasteiger partial charge in [-0.25, -0.2) is 0 Å². The molecule has 1 fully saturated rings. The number of nitrogens with two attached hydrogens (primary N) is 3. The molecule has 2 rings (SSSR count). The summed E-state index contributed by atoms with van der Waals surface area (Å²) < 4.78 is 0. The molecule has 0 radical (unpaired) electrons. The predicted octanol–water partition coefficient (Wildman–Crippen LogP) is 0.863. The van der Waals surface area contributed by atoms with Gasteiger partial charge >= 0.3 is 0 Å². The minimum Gasteiger partial charge on any atom is -0.393 e. The lowest BCUT2D eigenvalue weighted by molar-refractivity contribution is -0.136. The number of ketones is 6. The first kappa shape index (κ1) is 64.9. The van der Waals surface area contributed by atoms with Crippen molar-refractivity contribution >= 4 is 70.2 Å². The molecule has 1 heterocycles. The average molecular weight is 1060 g/mol. The van der Waals surface area contributed by atoms with Gasteiger partial charge in [-0.15, -0.1) is 0 Å². The number of hydrogen-bond donors (Lipinski definition) is 10. The number of aliphatic imine (C=N–C) groups is 1. The van der Waals surface area contributed by atoms with Gasteiger partial charge in [0.2, 0.25) is 29.5 Å². The molecule has 0 saturated carbocycles. The second kappa shape index (κ2) is 35.1. The van der Waals surface area contributed by atoms with Crippen molar-refractivity contribution in [3.05, 3.63) is 35.9 Å². The van der Waals surface area contributed by atoms with Crippen LogP contribution in [0.4, 0.5) is 0 Å². The van der Waals surface area contributed by atoms with Crippen LogP contribution in [0.25, 0.3) is 0 Å². The number of hydrogen-bond acceptors (Lipinski definition) is 15. The van der Waals surface area contributed by atoms with Gasteiger partial charge in [-0.05, 0) is 77.7 Å². The third-order valence-corrected chi connectivity index (χ3v) is 13.3. The van der Waals surface area contributed by atoms with E-state index >= 15 is 0 Å². The number of unbranched alkanes of at least 4 members (excludes halogenated alkanes) is 2. The number of benzene rings is 1. The highest BCUT2D eigenvalue weighted by Gasteiger charge is 2.35. The topological polar surface area (TPSA) is 379 Å². The smallest absolute Gasteiger partial charge is 0.243 e. The minimum absolute atomic E-state index is 0. The Kier molecular flexibility index (Phi) is 30.3. The lowest BCUT2D eigenvalue weighted by atomic mass is 9.81. The van der Waals surface area contributed by atoms with Crippen molar-refractivity contribution in [1.29, 1.82) is 0 Å². The highest BCUT2D eigenvalue weighted by Crippen LogP contribution is 2.25. The van der Waals surface area contributed by atoms with Crippen LogP contribution in [0.1, 0.15) is 150 Å². The van der Waals surface area contributed by atoms with Crippen LogP contribution in [0.2, 0.25) is 0 Å². The maximum atomic E-state index is 14.2. The number of aliphatic hydroxyl groups is 2. The summed E-state index contributed by atoms with van der Waals surface area (Å²) in [5, 5.41) is 34.3. The van der Waals surface area contributed by atoms with Crippen LogP contribution in [0.15, 0.2) is 35.3 Å². The van der Waals surface area contributed by atoms with Crippen molar-refractivity contribution in [1.82, 2.24) is 26.6 Å². The van der Waals surface area contributed by atoms with Crippen molar-refractivity contribution in [2.75, 3.05) is 19.6 Å². The van der Waals surface area contributed by atoms with Gasteiger partial charge in [-0.3, -0.25) is 57.7 Å². The minimum atomic E-state index is -1.38. The quantitative estimate of drug-likeness (QED) is 0.0390. The Hall–Kier alpha value is -6.26. The van der Waals surface area contributed by atoms with E-state index in [2.05, 4.69) is 31.6 Å². The molecule has 420 valence electrons. The number of nitrogens with zero attached hydrogens (tertiary/aromatic N) is 1. The molecule has 75 heavy (non-hydrogen) atoms. The number of Topliss-reactive ketones (excluding diaryl/α,β-unsaturated/α-hetero) is 6. The number of aliphatic hydroxyl groups excluding tert-OH is 2. The van der Waals surface area contributed by atoms with E-state index in [0.29, 0.717) is 44.1 Å². The Morgan fingerprint density at radius 1 is 0.827 bits per heavy atom. The number of carbonyl (C=O) groups excluding carboxylic acids is 11. The summed E-state index contributed by atoms with van der Waals surface area (Å²) in [5.41, 5.74) is 17.8. The van der Waals surface area contributed by atoms with Gasteiger partial charge in [0.15, 0.2) is 11.7 Å². The second-order valence-electron chi connectivity index (χ2n) is 19.6. The molecule has 1 aromatic carbocycles. The van der Waals surface area contributed by atoms with Crippen molar-refractivity contribution in [2.24, 2.45) is 39.9 Å². The fraction of sp³-hybridized carbons (Fsp3) is 0.660. The Balaban J connectivity index is 0.0000289. The summed E-state index contributed by atoms with van der Waals surface area (Å²) in [6, 6.07) is 3.89. The Labute approximate surface area is 441 Å². The molecule has 0 unspecified atom stereocenters. The molecular weight excluding hydrogens is 971 g/mol. The Morgan fingerprint density at radius 3 is 2.16 bits per heavy atom. The predicted molar refractivity (Wildman–Crippen MR) is 281 cm³/mol. The Bertz CT molecular complexity index is 2120. The highest BCUT2D eigenvalue weighted by molar-refractivity contribution is 5.97. The molecule has 0 bridgehead atoms. The summed E-state index contributed by atoms with van der Waals surface area (Å²) in [4.78, 5) is 151. The van der Waals surface area contributed by atoms with E-state index in [1.54, 1.807) is 37.3 Å². The van der Waals surface area contributed by atoms with Crippen LogP contribution < -0.4 is 43.8 Å². The van der Waals surface area contributed by atoms with Crippen molar-refractivity contribution in [3.8, 4) is 0 Å². The Morgan fingerprint density at radius 2 is 1.52 bits per heavy atom. The van der Waals surface area contributed by atoms with E-state index < -0.39 is 133 Å². The normalized spacial score (nSPS) is 21.8. The summed E-state index contributed by atoms with van der Waals surface area (Å²) in [6.07, 6.45) is -1.04. The third kappa shape index (κ3) is 26.2. The van der Waals surface area contributed by atoms with E-state index in [-0.39, 0.29) is 96.3 Å². The standard InChI is InChI=1S/C53H83N9O13.H2/c1-5-37(66)17-10-7-11-18-41(54)45(68)22-24-49(72)60-42-19-12-13-25-57-48(71)23-21-36(46(69)30-39(32(2)63)33(3)64)28-47(70)40(34(4)65)29-38(67)31-59-50(73)44(27-35-15-8-6-9-16-35)62-52(75)43(61-51(42)74)20-14-26-58-53(55)56;/h6,8-9,15-16,32,34,36,39-44,63,65H,5,7,10-14,17-31,54H2,1-4H3,(H,57,71)(H,59,73)(H,60,72)(H,61,74)(H,62,75)(H4,55,56,58);1H/t32-,34-,36-,39+,40+,41+,42+,43+,44+;/m1./s1/i;1+2. The third-order valence-electron chi connectivity index (χ3n) is 13.3. The average Bonchev–Trinajstić information content (AvgIpc) is 3.36. The van der Waals surface area contributed by atoms with Gasteiger partial charge in [0, 0.05) is 84.1 Å². The molecule has 9 atom stereocenters. The van der Waals surface area contributed by atoms with E-state index in [9.17, 15) is 63.0 Å². The van der Waals surface area contributed by atoms with Crippen LogP contribution in [0.3, 0.4) is 0 Å². The van der Waals surface area contributed by atoms with Gasteiger partial charge < -0.3 is 54.0 Å². The van der Waals surface area contributed by atoms with Crippen LogP contribution in [0, 0.1) is 17.8 Å². The summed E-state index contributed by atoms with van der Waals surface area (Å²) in [7, 11) is 0. The molecule has 13 N–H and O–H groups in total. The van der Waals surface area contributed by atoms with Crippen LogP contribution in [-0.2, 0) is 59.2 Å². The van der Waals surface area contributed by atoms with E-state index in [1.807, 2.05) is 0 Å². The zero-order chi connectivity index (χ0) is 56.0. The first-order valence-corrected chi connectivity index (χ1v) is 26.3. The first-order valence-electron chi connectivity index (χ1n) is 26.3. The SMILES string of the molecule is CCC(=O)CCCCC[C@H](N)C(=O)CCC(=O)N[C@H]1CCCCNC(=O)CC[C@@H](C(=O)C[C@H](C(C)=O)[C@@H](C)O)CC(=O)[C@H]([C@@H](C)O)CC(=O)CNC(=O)[C@H](Cc2ccccc2)NC(=O)[C@H](CCCN=C(N)N)NC1=O.[3HH]. The van der Waals surface area contributed by atoms with E-state index in [4.69, 9.17) is 17.2 Å². The van der Waals surface area contributed by atoms with Crippen molar-refractivity contribution < 1.29 is 64.4 Å². The fourth-order valence-electron chi connectivity index (χ4n) is 8.62. The number of carbonyl (C=O) groups is 11. The molecule has 0 aliphatic carbocycles. The molecule has 1 aromatic rings. The maximum Gasteiger partial charge on any atom is 0.243 e. The largest absolute Gasteiger partial charge is 0.393 e. The molecule has 1 aliphatic rings. The molecule has 5 amide bonds. The number of amides is 5. The van der Waals surface area contributed by atoms with Crippen molar-refractivity contribution in [2.45, 2.75) is 186 Å². The monoisotopic (exact) mass is 1060 g/mol. The lowest BCUT2D eigenvalue weighted by Gasteiger charge is -2.26. The van der Waals surface area contributed by atoms with Crippen LogP contribution in [0.5, 0.6) is 0 Å². The molecule has 1 saturated heterocycles. The molecule has 1 aliphatic heterocycles. The molecule has 22 nitrogen and oxygen atoms in total. The zero-order valence-electron chi connectivity index (χ0n) is 44.2. The second-order valence-corrected chi connectivity index (χ2v) is 19.6. The number of nitrogens with one attached hydrogen (secondary N) is 5. The van der Waals surface area contributed by atoms with Gasteiger partial charge in [-0.1, -0.05) is 50.1 Å². The highest BCUT2D eigenvalue weighted by atomic mass is 16.3. The number of rotatable bonds is 24. The molecule has 0 spiro atoms. The zero-order valence-corrected chi connectivity index (χ0v) is 44.2. The van der Waals surface area contributed by atoms with Gasteiger partial charge in [-0.2, -0.15) is 0 Å². The van der Waals surface area contributed by atoms with Crippen LogP contribution in [-0.4, -0.2) is 136 Å². The van der Waals surface area contributed by atoms with Gasteiger partial charge in [0.25, 0.3) is 0 Å². The first-order chi connectivity index (χ1) is 35.5. The lowest BCUT2D eigenvalue weighted by Crippen LogP contribution is -2.57. The maximum absolute atomic E-state index is 14.2. The molecule has 0 aromatic heterocycles. The van der Waals surface area contributed by atoms with Crippen LogP contribution >= 0.6 is 0 Å². The summed E-state index contributed by atoms with van der Waals surface area (Å²) in [6.45, 7) is 5.19. The molecule has 22 heteroatoms. The number of guanidine groups is 1. The summed E-state index contributed by atoms with van der Waals surface area (Å²) in [5.74, 6) is -9.84. The van der Waals surface area contributed by atoms with E-state index in [1.165, 1.54) is 20.8 Å². The van der Waals surface area contributed by atoms with Gasteiger partial charge in [0.05, 0.1) is 30.7 Å². The summed E-state index contributed by atoms with van der Waals surface area (Å²) >= 11 is 0. The van der Waals surface area contributed by atoms with Crippen molar-refractivity contribution in [3.63, 3.8) is 0 Å². The fourth-order valence-corrected chi connectivity index (χ4v) is 8.62. The van der Waals surface area contributed by atoms with Gasteiger partial charge in [0.1, 0.15) is 47.0 Å².